The van der Waals surface area contributed by atoms with Crippen molar-refractivity contribution in [3.05, 3.63) is 34.9 Å². The van der Waals surface area contributed by atoms with Crippen LogP contribution in [-0.4, -0.2) is 11.7 Å². The van der Waals surface area contributed by atoms with Gasteiger partial charge in [0.2, 0.25) is 0 Å². The number of amides is 1. The molecule has 0 radical (unpaired) electrons. The predicted octanol–water partition coefficient (Wildman–Crippen LogP) is 2.64. The van der Waals surface area contributed by atoms with E-state index in [1.807, 2.05) is 0 Å². The van der Waals surface area contributed by atoms with Crippen LogP contribution in [0.4, 0.5) is 0 Å². The van der Waals surface area contributed by atoms with Crippen molar-refractivity contribution in [1.82, 2.24) is 5.32 Å². The molecule has 1 aromatic carbocycles. The number of nitrogens with zero attached hydrogens (tertiary/aromatic N) is 1. The monoisotopic (exact) mass is 230 g/mol. The minimum absolute atomic E-state index is 0.261. The Morgan fingerprint density at radius 3 is 2.43 bits per heavy atom. The molecule has 0 aromatic heterocycles. The number of carbonyl (C=O) groups is 1. The third-order valence-corrected chi connectivity index (χ3v) is 2.03. The quantitative estimate of drug-likeness (QED) is 0.585. The molecule has 0 aliphatic heterocycles. The molecule has 14 heavy (non-hydrogen) atoms. The number of amidine groups is 1. The third-order valence-electron chi connectivity index (χ3n) is 1.53. The number of hydrogen-bond acceptors (Lipinski definition) is 2. The van der Waals surface area contributed by atoms with Crippen LogP contribution < -0.4 is 5.32 Å². The van der Waals surface area contributed by atoms with Crippen LogP contribution in [0.2, 0.25) is 5.02 Å². The van der Waals surface area contributed by atoms with Gasteiger partial charge in [0.15, 0.2) is 0 Å². The van der Waals surface area contributed by atoms with E-state index in [9.17, 15) is 4.79 Å². The Labute approximate surface area is 91.9 Å². The van der Waals surface area contributed by atoms with Crippen LogP contribution in [0.15, 0.2) is 28.8 Å². The van der Waals surface area contributed by atoms with Crippen molar-refractivity contribution in [3.63, 3.8) is 0 Å². The number of benzene rings is 1. The molecule has 1 amide bonds. The Hall–Kier alpha value is -1.06. The average molecular weight is 231 g/mol. The maximum Gasteiger partial charge on any atom is 0.256 e. The van der Waals surface area contributed by atoms with Gasteiger partial charge in [0, 0.05) is 22.4 Å². The molecule has 1 N–H and O–H groups in total. The maximum absolute atomic E-state index is 11.4. The highest BCUT2D eigenvalue weighted by molar-refractivity contribution is 6.30. The van der Waals surface area contributed by atoms with Crippen molar-refractivity contribution in [3.8, 4) is 0 Å². The maximum atomic E-state index is 11.4. The van der Waals surface area contributed by atoms with Gasteiger partial charge < -0.3 is 5.32 Å². The third kappa shape index (κ3) is 3.01. The summed E-state index contributed by atoms with van der Waals surface area (Å²) in [7, 11) is 0. The molecule has 0 bridgehead atoms. The van der Waals surface area contributed by atoms with Crippen molar-refractivity contribution < 1.29 is 4.79 Å². The highest BCUT2D eigenvalue weighted by Gasteiger charge is 2.05. The van der Waals surface area contributed by atoms with E-state index in [1.54, 1.807) is 31.2 Å². The molecule has 0 heterocycles. The van der Waals surface area contributed by atoms with Gasteiger partial charge in [-0.3, -0.25) is 4.79 Å². The first kappa shape index (κ1) is 11.0. The first-order valence-electron chi connectivity index (χ1n) is 3.86. The topological polar surface area (TPSA) is 41.5 Å². The van der Waals surface area contributed by atoms with Gasteiger partial charge >= 0.3 is 0 Å². The highest BCUT2D eigenvalue weighted by Crippen LogP contribution is 2.09. The van der Waals surface area contributed by atoms with E-state index in [2.05, 4.69) is 9.83 Å². The zero-order valence-corrected chi connectivity index (χ0v) is 8.93. The molecule has 0 unspecified atom stereocenters. The largest absolute Gasteiger partial charge is 0.309 e. The van der Waals surface area contributed by atoms with E-state index in [4.69, 9.17) is 23.4 Å². The Morgan fingerprint density at radius 1 is 1.36 bits per heavy atom. The molecule has 74 valence electrons. The van der Waals surface area contributed by atoms with E-state index < -0.39 is 0 Å². The van der Waals surface area contributed by atoms with E-state index >= 15 is 0 Å². The Morgan fingerprint density at radius 2 is 1.93 bits per heavy atom. The number of halogens is 2. The van der Waals surface area contributed by atoms with Crippen LogP contribution in [-0.2, 0) is 0 Å². The van der Waals surface area contributed by atoms with E-state index in [0.29, 0.717) is 16.4 Å². The van der Waals surface area contributed by atoms with Gasteiger partial charge in [-0.05, 0) is 31.2 Å². The fourth-order valence-electron chi connectivity index (χ4n) is 0.859. The lowest BCUT2D eigenvalue weighted by atomic mass is 10.2. The lowest BCUT2D eigenvalue weighted by molar-refractivity contribution is 0.0977. The van der Waals surface area contributed by atoms with Crippen LogP contribution in [0, 0.1) is 0 Å². The van der Waals surface area contributed by atoms with Gasteiger partial charge in [-0.15, -0.1) is 0 Å². The van der Waals surface area contributed by atoms with Gasteiger partial charge in [0.05, 0.1) is 0 Å². The standard InChI is InChI=1S/C9H8Cl2N2O/c1-6(13-11)12-9(14)7-2-4-8(10)5-3-7/h2-5H,1H3,(H,12,13,14). The summed E-state index contributed by atoms with van der Waals surface area (Å²) in [5.41, 5.74) is 0.508. The minimum atomic E-state index is -0.261. The van der Waals surface area contributed by atoms with Crippen molar-refractivity contribution in [2.75, 3.05) is 0 Å². The first-order valence-corrected chi connectivity index (χ1v) is 4.57. The minimum Gasteiger partial charge on any atom is -0.309 e. The van der Waals surface area contributed by atoms with Crippen LogP contribution in [0.1, 0.15) is 17.3 Å². The molecule has 1 rings (SSSR count). The first-order chi connectivity index (χ1) is 6.63. The van der Waals surface area contributed by atoms with Crippen molar-refractivity contribution >= 4 is 35.1 Å². The molecule has 0 atom stereocenters. The highest BCUT2D eigenvalue weighted by atomic mass is 35.5. The molecule has 0 saturated carbocycles. The number of rotatable bonds is 1. The molecule has 0 spiro atoms. The van der Waals surface area contributed by atoms with Gasteiger partial charge in [-0.2, -0.15) is 4.51 Å². The molecule has 0 aliphatic carbocycles. The lowest BCUT2D eigenvalue weighted by Gasteiger charge is -2.02. The SMILES string of the molecule is CC(=NCl)NC(=O)c1ccc(Cl)cc1. The Bertz CT molecular complexity index is 360. The summed E-state index contributed by atoms with van der Waals surface area (Å²) >= 11 is 10.8. The van der Waals surface area contributed by atoms with Gasteiger partial charge in [-0.25, -0.2) is 0 Å². The normalized spacial score (nSPS) is 11.2. The fourth-order valence-corrected chi connectivity index (χ4v) is 1.03. The van der Waals surface area contributed by atoms with Crippen LogP contribution in [0.25, 0.3) is 0 Å². The van der Waals surface area contributed by atoms with Crippen molar-refractivity contribution in [1.29, 1.82) is 0 Å². The van der Waals surface area contributed by atoms with Crippen LogP contribution in [0.5, 0.6) is 0 Å². The number of hydrogen-bond donors (Lipinski definition) is 1. The summed E-state index contributed by atoms with van der Waals surface area (Å²) < 4.78 is 3.30. The summed E-state index contributed by atoms with van der Waals surface area (Å²) in [4.78, 5) is 11.4. The number of nitrogens with one attached hydrogen (secondary N) is 1. The van der Waals surface area contributed by atoms with Crippen LogP contribution >= 0.6 is 23.4 Å². The second-order valence-electron chi connectivity index (χ2n) is 2.63. The van der Waals surface area contributed by atoms with E-state index in [0.717, 1.165) is 0 Å². The van der Waals surface area contributed by atoms with Crippen LogP contribution in [0.3, 0.4) is 0 Å². The molecular formula is C9H8Cl2N2O. The fraction of sp³-hybridized carbons (Fsp3) is 0.111. The smallest absolute Gasteiger partial charge is 0.256 e. The molecule has 0 saturated heterocycles. The van der Waals surface area contributed by atoms with E-state index in [1.165, 1.54) is 0 Å². The Kier molecular flexibility index (Phi) is 3.92. The zero-order valence-electron chi connectivity index (χ0n) is 7.42. The average Bonchev–Trinajstić information content (AvgIpc) is 2.18. The second kappa shape index (κ2) is 4.98. The zero-order chi connectivity index (χ0) is 10.6. The summed E-state index contributed by atoms with van der Waals surface area (Å²) in [6.07, 6.45) is 0. The van der Waals surface area contributed by atoms with Crippen molar-refractivity contribution in [2.45, 2.75) is 6.92 Å². The molecule has 5 heteroatoms. The summed E-state index contributed by atoms with van der Waals surface area (Å²) in [6, 6.07) is 6.53. The summed E-state index contributed by atoms with van der Waals surface area (Å²) in [5, 5.41) is 3.09. The molecular weight excluding hydrogens is 223 g/mol. The molecule has 0 aliphatic rings. The van der Waals surface area contributed by atoms with Crippen molar-refractivity contribution in [2.24, 2.45) is 4.51 Å². The van der Waals surface area contributed by atoms with E-state index in [-0.39, 0.29) is 5.91 Å². The number of carbonyl (C=O) groups excluding carboxylic acids is 1. The predicted molar refractivity (Wildman–Crippen MR) is 57.9 cm³/mol. The molecule has 3 nitrogen and oxygen atoms in total. The second-order valence-corrected chi connectivity index (χ2v) is 3.24. The molecule has 1 aromatic rings. The van der Waals surface area contributed by atoms with Gasteiger partial charge in [-0.1, -0.05) is 11.6 Å². The molecule has 0 fully saturated rings. The lowest BCUT2D eigenvalue weighted by Crippen LogP contribution is -2.27. The summed E-state index contributed by atoms with van der Waals surface area (Å²) in [5.74, 6) is 0.0928. The summed E-state index contributed by atoms with van der Waals surface area (Å²) in [6.45, 7) is 1.60. The van der Waals surface area contributed by atoms with Gasteiger partial charge in [0.25, 0.3) is 5.91 Å². The van der Waals surface area contributed by atoms with Gasteiger partial charge in [0.1, 0.15) is 5.84 Å². The Balaban J connectivity index is 2.75.